The van der Waals surface area contributed by atoms with Gasteiger partial charge in [-0.2, -0.15) is 0 Å². The van der Waals surface area contributed by atoms with E-state index in [2.05, 4.69) is 0 Å². The zero-order valence-corrected chi connectivity index (χ0v) is 16.0. The van der Waals surface area contributed by atoms with Crippen molar-refractivity contribution < 1.29 is 23.4 Å². The minimum Gasteiger partial charge on any atom is -0.460 e. The van der Waals surface area contributed by atoms with Gasteiger partial charge in [0.1, 0.15) is 23.3 Å². The summed E-state index contributed by atoms with van der Waals surface area (Å²) in [6.45, 7) is 0.562. The number of hydrogen-bond acceptors (Lipinski definition) is 6. The molecule has 0 bridgehead atoms. The standard InChI is InChI=1S/C24H18O6/c25-23-19-10-9-18(30-24(26)20-6-3-11-27-20)13-21(19)28-14-22(23)29-17-8-7-15-4-1-2-5-16(15)12-17/h1-2,4-5,7-10,12-14,20H,3,6,11H2. The Kier molecular flexibility index (Phi) is 4.69. The van der Waals surface area contributed by atoms with Crippen molar-refractivity contribution in [3.8, 4) is 17.2 Å². The summed E-state index contributed by atoms with van der Waals surface area (Å²) < 4.78 is 22.0. The number of benzene rings is 3. The van der Waals surface area contributed by atoms with E-state index in [1.54, 1.807) is 18.2 Å². The predicted octanol–water partition coefficient (Wildman–Crippen LogP) is 4.82. The molecule has 0 spiro atoms. The summed E-state index contributed by atoms with van der Waals surface area (Å²) in [5.74, 6) is 0.490. The Morgan fingerprint density at radius 1 is 0.967 bits per heavy atom. The van der Waals surface area contributed by atoms with E-state index in [0.29, 0.717) is 35.5 Å². The molecule has 1 aliphatic rings. The van der Waals surface area contributed by atoms with Crippen molar-refractivity contribution in [1.29, 1.82) is 0 Å². The van der Waals surface area contributed by atoms with Gasteiger partial charge in [0.25, 0.3) is 0 Å². The monoisotopic (exact) mass is 402 g/mol. The van der Waals surface area contributed by atoms with Gasteiger partial charge in [0, 0.05) is 12.7 Å². The Labute approximate surface area is 171 Å². The lowest BCUT2D eigenvalue weighted by atomic mass is 10.1. The fourth-order valence-electron chi connectivity index (χ4n) is 3.53. The van der Waals surface area contributed by atoms with Crippen molar-refractivity contribution in [2.24, 2.45) is 0 Å². The molecule has 0 N–H and O–H groups in total. The van der Waals surface area contributed by atoms with Crippen LogP contribution in [0, 0.1) is 0 Å². The minimum absolute atomic E-state index is 0.0851. The van der Waals surface area contributed by atoms with Gasteiger partial charge in [0.2, 0.25) is 11.2 Å². The first-order valence-corrected chi connectivity index (χ1v) is 9.73. The van der Waals surface area contributed by atoms with E-state index in [9.17, 15) is 9.59 Å². The predicted molar refractivity (Wildman–Crippen MR) is 111 cm³/mol. The van der Waals surface area contributed by atoms with Crippen LogP contribution in [0.5, 0.6) is 17.2 Å². The molecule has 1 fully saturated rings. The van der Waals surface area contributed by atoms with E-state index < -0.39 is 12.1 Å². The van der Waals surface area contributed by atoms with Crippen LogP contribution in [-0.2, 0) is 9.53 Å². The maximum absolute atomic E-state index is 12.8. The molecule has 1 aromatic heterocycles. The normalized spacial score (nSPS) is 16.1. The van der Waals surface area contributed by atoms with Crippen LogP contribution in [0.2, 0.25) is 0 Å². The zero-order valence-electron chi connectivity index (χ0n) is 16.0. The summed E-state index contributed by atoms with van der Waals surface area (Å²) >= 11 is 0. The summed E-state index contributed by atoms with van der Waals surface area (Å²) in [5, 5.41) is 2.43. The van der Waals surface area contributed by atoms with Gasteiger partial charge in [-0.05, 0) is 47.9 Å². The van der Waals surface area contributed by atoms with Gasteiger partial charge < -0.3 is 18.6 Å². The van der Waals surface area contributed by atoms with E-state index >= 15 is 0 Å². The molecular formula is C24H18O6. The average molecular weight is 402 g/mol. The summed E-state index contributed by atoms with van der Waals surface area (Å²) in [4.78, 5) is 24.9. The van der Waals surface area contributed by atoms with Crippen LogP contribution in [0.3, 0.4) is 0 Å². The lowest BCUT2D eigenvalue weighted by molar-refractivity contribution is -0.144. The first-order chi connectivity index (χ1) is 14.7. The first kappa shape index (κ1) is 18.4. The molecule has 5 rings (SSSR count). The Morgan fingerprint density at radius 2 is 1.80 bits per heavy atom. The van der Waals surface area contributed by atoms with E-state index in [-0.39, 0.29) is 11.2 Å². The fourth-order valence-corrected chi connectivity index (χ4v) is 3.53. The Balaban J connectivity index is 1.40. The first-order valence-electron chi connectivity index (χ1n) is 9.73. The summed E-state index contributed by atoms with van der Waals surface area (Å²) in [6, 6.07) is 18.1. The molecule has 30 heavy (non-hydrogen) atoms. The van der Waals surface area contributed by atoms with Crippen LogP contribution < -0.4 is 14.9 Å². The maximum Gasteiger partial charge on any atom is 0.340 e. The molecule has 150 valence electrons. The van der Waals surface area contributed by atoms with E-state index in [1.807, 2.05) is 36.4 Å². The molecule has 0 saturated carbocycles. The maximum atomic E-state index is 12.8. The molecule has 1 saturated heterocycles. The van der Waals surface area contributed by atoms with Crippen LogP contribution in [0.15, 0.2) is 76.1 Å². The molecule has 0 aliphatic carbocycles. The van der Waals surface area contributed by atoms with Gasteiger partial charge in [-0.1, -0.05) is 30.3 Å². The van der Waals surface area contributed by atoms with Crippen LogP contribution >= 0.6 is 0 Å². The van der Waals surface area contributed by atoms with E-state index in [4.69, 9.17) is 18.6 Å². The third-order valence-corrected chi connectivity index (χ3v) is 5.07. The molecule has 1 atom stereocenters. The second-order valence-electron chi connectivity index (χ2n) is 7.12. The molecule has 0 amide bonds. The highest BCUT2D eigenvalue weighted by Crippen LogP contribution is 2.27. The van der Waals surface area contributed by atoms with Gasteiger partial charge >= 0.3 is 5.97 Å². The third kappa shape index (κ3) is 3.53. The molecule has 6 nitrogen and oxygen atoms in total. The van der Waals surface area contributed by atoms with E-state index in [0.717, 1.165) is 17.2 Å². The van der Waals surface area contributed by atoms with Crippen molar-refractivity contribution in [2.75, 3.05) is 6.61 Å². The molecule has 3 aromatic carbocycles. The second-order valence-corrected chi connectivity index (χ2v) is 7.12. The number of carbonyl (C=O) groups excluding carboxylic acids is 1. The molecule has 1 aliphatic heterocycles. The van der Waals surface area contributed by atoms with Gasteiger partial charge in [-0.15, -0.1) is 0 Å². The number of rotatable bonds is 4. The topological polar surface area (TPSA) is 75.0 Å². The van der Waals surface area contributed by atoms with Gasteiger partial charge in [0.15, 0.2) is 6.10 Å². The largest absolute Gasteiger partial charge is 0.460 e. The molecule has 6 heteroatoms. The molecule has 2 heterocycles. The van der Waals surface area contributed by atoms with Crippen LogP contribution in [0.4, 0.5) is 0 Å². The SMILES string of the molecule is O=C(Oc1ccc2c(=O)c(Oc3ccc4ccccc4c3)coc2c1)C1CCCO1. The summed E-state index contributed by atoms with van der Waals surface area (Å²) in [7, 11) is 0. The van der Waals surface area contributed by atoms with Crippen LogP contribution in [-0.4, -0.2) is 18.7 Å². The van der Waals surface area contributed by atoms with Crippen molar-refractivity contribution in [1.82, 2.24) is 0 Å². The number of fused-ring (bicyclic) bond motifs is 2. The number of ether oxygens (including phenoxy) is 3. The van der Waals surface area contributed by atoms with Gasteiger partial charge in [0.05, 0.1) is 5.39 Å². The van der Waals surface area contributed by atoms with Crippen LogP contribution in [0.25, 0.3) is 21.7 Å². The van der Waals surface area contributed by atoms with Crippen molar-refractivity contribution >= 4 is 27.7 Å². The number of esters is 1. The average Bonchev–Trinajstić information content (AvgIpc) is 3.31. The van der Waals surface area contributed by atoms with Crippen molar-refractivity contribution in [2.45, 2.75) is 18.9 Å². The Morgan fingerprint density at radius 3 is 2.63 bits per heavy atom. The summed E-state index contributed by atoms with van der Waals surface area (Å²) in [5.41, 5.74) is 0.00455. The Bertz CT molecular complexity index is 1300. The van der Waals surface area contributed by atoms with Crippen molar-refractivity contribution in [3.63, 3.8) is 0 Å². The van der Waals surface area contributed by atoms with Crippen molar-refractivity contribution in [3.05, 3.63) is 77.2 Å². The minimum atomic E-state index is -0.537. The highest BCUT2D eigenvalue weighted by molar-refractivity contribution is 5.84. The highest BCUT2D eigenvalue weighted by Gasteiger charge is 2.25. The van der Waals surface area contributed by atoms with E-state index in [1.165, 1.54) is 12.3 Å². The lowest BCUT2D eigenvalue weighted by Crippen LogP contribution is -2.24. The zero-order chi connectivity index (χ0) is 20.5. The number of hydrogen-bond donors (Lipinski definition) is 0. The quantitative estimate of drug-likeness (QED) is 0.360. The molecule has 4 aromatic rings. The van der Waals surface area contributed by atoms with Gasteiger partial charge in [-0.3, -0.25) is 4.79 Å². The molecule has 1 unspecified atom stereocenters. The third-order valence-electron chi connectivity index (χ3n) is 5.07. The van der Waals surface area contributed by atoms with Gasteiger partial charge in [-0.25, -0.2) is 4.79 Å². The summed E-state index contributed by atoms with van der Waals surface area (Å²) in [6.07, 6.45) is 2.22. The fraction of sp³-hybridized carbons (Fsp3) is 0.167. The Hall–Kier alpha value is -3.64. The van der Waals surface area contributed by atoms with Crippen LogP contribution in [0.1, 0.15) is 12.8 Å². The smallest absolute Gasteiger partial charge is 0.340 e. The number of carbonyl (C=O) groups is 1. The second kappa shape index (κ2) is 7.65. The molecule has 0 radical (unpaired) electrons. The molecular weight excluding hydrogens is 384 g/mol. The lowest BCUT2D eigenvalue weighted by Gasteiger charge is -2.10. The highest BCUT2D eigenvalue weighted by atomic mass is 16.6.